The summed E-state index contributed by atoms with van der Waals surface area (Å²) < 4.78 is 12.8. The monoisotopic (exact) mass is 358 g/mol. The van der Waals surface area contributed by atoms with Crippen molar-refractivity contribution in [2.24, 2.45) is 0 Å². The number of benzene rings is 1. The van der Waals surface area contributed by atoms with E-state index in [4.69, 9.17) is 9.47 Å². The SMILES string of the molecule is COc1cccc2c1ccn2CC(=O)Nc1nnc([C@@H]2CCCO2)s1. The summed E-state index contributed by atoms with van der Waals surface area (Å²) in [7, 11) is 1.64. The molecule has 1 amide bonds. The fourth-order valence-corrected chi connectivity index (χ4v) is 3.86. The molecule has 8 heteroatoms. The highest BCUT2D eigenvalue weighted by Crippen LogP contribution is 2.32. The molecule has 0 saturated carbocycles. The molecule has 1 N–H and O–H groups in total. The molecule has 0 radical (unpaired) electrons. The molecule has 3 aromatic rings. The number of anilines is 1. The molecule has 1 atom stereocenters. The summed E-state index contributed by atoms with van der Waals surface area (Å²) in [6.07, 6.45) is 3.89. The highest BCUT2D eigenvalue weighted by Gasteiger charge is 2.22. The van der Waals surface area contributed by atoms with Crippen molar-refractivity contribution in [1.29, 1.82) is 0 Å². The quantitative estimate of drug-likeness (QED) is 0.759. The molecule has 130 valence electrons. The van der Waals surface area contributed by atoms with Gasteiger partial charge in [0.1, 0.15) is 23.4 Å². The molecular weight excluding hydrogens is 340 g/mol. The smallest absolute Gasteiger partial charge is 0.246 e. The number of carbonyl (C=O) groups excluding carboxylic acids is 1. The molecule has 1 aliphatic rings. The van der Waals surface area contributed by atoms with Crippen molar-refractivity contribution in [3.05, 3.63) is 35.5 Å². The molecule has 25 heavy (non-hydrogen) atoms. The van der Waals surface area contributed by atoms with Crippen LogP contribution in [0.5, 0.6) is 5.75 Å². The molecular formula is C17H18N4O3S. The number of rotatable bonds is 5. The van der Waals surface area contributed by atoms with Crippen LogP contribution in [0.25, 0.3) is 10.9 Å². The Bertz CT molecular complexity index is 898. The van der Waals surface area contributed by atoms with E-state index in [-0.39, 0.29) is 18.6 Å². The lowest BCUT2D eigenvalue weighted by atomic mass is 10.2. The summed E-state index contributed by atoms with van der Waals surface area (Å²) in [5.74, 6) is 0.650. The van der Waals surface area contributed by atoms with Crippen molar-refractivity contribution in [2.75, 3.05) is 19.0 Å². The summed E-state index contributed by atoms with van der Waals surface area (Å²) >= 11 is 1.37. The third kappa shape index (κ3) is 3.22. The van der Waals surface area contributed by atoms with Crippen LogP contribution in [0.3, 0.4) is 0 Å². The second-order valence-electron chi connectivity index (χ2n) is 5.83. The first-order valence-electron chi connectivity index (χ1n) is 8.11. The Balaban J connectivity index is 1.46. The summed E-state index contributed by atoms with van der Waals surface area (Å²) in [5.41, 5.74) is 0.951. The minimum atomic E-state index is -0.143. The van der Waals surface area contributed by atoms with Gasteiger partial charge in [0.15, 0.2) is 0 Å². The van der Waals surface area contributed by atoms with Gasteiger partial charge in [-0.1, -0.05) is 17.4 Å². The van der Waals surface area contributed by atoms with Crippen molar-refractivity contribution in [1.82, 2.24) is 14.8 Å². The van der Waals surface area contributed by atoms with E-state index in [0.29, 0.717) is 5.13 Å². The summed E-state index contributed by atoms with van der Waals surface area (Å²) in [6, 6.07) is 7.72. The van der Waals surface area contributed by atoms with E-state index in [1.54, 1.807) is 7.11 Å². The number of hydrogen-bond donors (Lipinski definition) is 1. The molecule has 0 bridgehead atoms. The molecule has 1 aromatic carbocycles. The molecule has 1 saturated heterocycles. The molecule has 3 heterocycles. The second-order valence-corrected chi connectivity index (χ2v) is 6.84. The zero-order valence-electron chi connectivity index (χ0n) is 13.8. The minimum Gasteiger partial charge on any atom is -0.496 e. The molecule has 0 aliphatic carbocycles. The van der Waals surface area contributed by atoms with Crippen molar-refractivity contribution >= 4 is 33.3 Å². The van der Waals surface area contributed by atoms with Crippen LogP contribution in [-0.4, -0.2) is 34.4 Å². The van der Waals surface area contributed by atoms with Crippen LogP contribution in [0.4, 0.5) is 5.13 Å². The first kappa shape index (κ1) is 16.0. The average Bonchev–Trinajstić information content (AvgIpc) is 3.35. The van der Waals surface area contributed by atoms with E-state index in [9.17, 15) is 4.79 Å². The van der Waals surface area contributed by atoms with Crippen LogP contribution in [0, 0.1) is 0 Å². The number of fused-ring (bicyclic) bond motifs is 1. The van der Waals surface area contributed by atoms with Gasteiger partial charge in [0.05, 0.1) is 12.6 Å². The third-order valence-electron chi connectivity index (χ3n) is 4.20. The first-order chi connectivity index (χ1) is 12.2. The molecule has 7 nitrogen and oxygen atoms in total. The molecule has 2 aromatic heterocycles. The highest BCUT2D eigenvalue weighted by atomic mass is 32.1. The summed E-state index contributed by atoms with van der Waals surface area (Å²) in [5, 5.41) is 13.3. The number of nitrogens with one attached hydrogen (secondary N) is 1. The Morgan fingerprint density at radius 2 is 2.36 bits per heavy atom. The topological polar surface area (TPSA) is 78.3 Å². The van der Waals surface area contributed by atoms with Crippen molar-refractivity contribution in [3.63, 3.8) is 0 Å². The lowest BCUT2D eigenvalue weighted by molar-refractivity contribution is -0.116. The van der Waals surface area contributed by atoms with E-state index < -0.39 is 0 Å². The number of aromatic nitrogens is 3. The third-order valence-corrected chi connectivity index (χ3v) is 5.13. The molecule has 1 aliphatic heterocycles. The van der Waals surface area contributed by atoms with Gasteiger partial charge < -0.3 is 14.0 Å². The number of carbonyl (C=O) groups is 1. The van der Waals surface area contributed by atoms with Gasteiger partial charge in [0, 0.05) is 18.2 Å². The van der Waals surface area contributed by atoms with Gasteiger partial charge in [0.25, 0.3) is 0 Å². The van der Waals surface area contributed by atoms with Gasteiger partial charge in [-0.05, 0) is 31.0 Å². The fraction of sp³-hybridized carbons (Fsp3) is 0.353. The number of methoxy groups -OCH3 is 1. The predicted molar refractivity (Wildman–Crippen MR) is 95.0 cm³/mol. The van der Waals surface area contributed by atoms with E-state index in [1.807, 2.05) is 35.0 Å². The van der Waals surface area contributed by atoms with Gasteiger partial charge in [-0.3, -0.25) is 10.1 Å². The molecule has 0 unspecified atom stereocenters. The van der Waals surface area contributed by atoms with Crippen LogP contribution in [0.15, 0.2) is 30.5 Å². The van der Waals surface area contributed by atoms with Crippen molar-refractivity contribution in [3.8, 4) is 5.75 Å². The molecule has 0 spiro atoms. The lowest BCUT2D eigenvalue weighted by Crippen LogP contribution is -2.18. The Hall–Kier alpha value is -2.45. The first-order valence-corrected chi connectivity index (χ1v) is 8.93. The number of hydrogen-bond acceptors (Lipinski definition) is 6. The number of nitrogens with zero attached hydrogens (tertiary/aromatic N) is 3. The van der Waals surface area contributed by atoms with E-state index >= 15 is 0 Å². The summed E-state index contributed by atoms with van der Waals surface area (Å²) in [4.78, 5) is 12.4. The van der Waals surface area contributed by atoms with Crippen LogP contribution in [-0.2, 0) is 16.1 Å². The fourth-order valence-electron chi connectivity index (χ4n) is 3.01. The van der Waals surface area contributed by atoms with Gasteiger partial charge in [-0.15, -0.1) is 10.2 Å². The van der Waals surface area contributed by atoms with Crippen LogP contribution in [0.1, 0.15) is 24.0 Å². The van der Waals surface area contributed by atoms with E-state index in [0.717, 1.165) is 41.1 Å². The Labute approximate surface area is 148 Å². The van der Waals surface area contributed by atoms with E-state index in [2.05, 4.69) is 15.5 Å². The maximum atomic E-state index is 12.4. The van der Waals surface area contributed by atoms with Crippen LogP contribution >= 0.6 is 11.3 Å². The van der Waals surface area contributed by atoms with Gasteiger partial charge in [-0.25, -0.2) is 0 Å². The molecule has 1 fully saturated rings. The standard InChI is InChI=1S/C17H18N4O3S/c1-23-13-5-2-4-12-11(13)7-8-21(12)10-15(22)18-17-20-19-16(25-17)14-6-3-9-24-14/h2,4-5,7-8,14H,3,6,9-10H2,1H3,(H,18,20,22)/t14-/m0/s1. The second kappa shape index (κ2) is 6.81. The Kier molecular flexibility index (Phi) is 4.37. The van der Waals surface area contributed by atoms with Gasteiger partial charge >= 0.3 is 0 Å². The van der Waals surface area contributed by atoms with Gasteiger partial charge in [-0.2, -0.15) is 0 Å². The zero-order chi connectivity index (χ0) is 17.2. The Morgan fingerprint density at radius 3 is 3.16 bits per heavy atom. The van der Waals surface area contributed by atoms with Crippen LogP contribution < -0.4 is 10.1 Å². The number of amides is 1. The highest BCUT2D eigenvalue weighted by molar-refractivity contribution is 7.15. The zero-order valence-corrected chi connectivity index (χ0v) is 14.6. The predicted octanol–water partition coefficient (Wildman–Crippen LogP) is 2.99. The average molecular weight is 358 g/mol. The Morgan fingerprint density at radius 1 is 1.44 bits per heavy atom. The minimum absolute atomic E-state index is 0.0176. The normalized spacial score (nSPS) is 17.1. The van der Waals surface area contributed by atoms with Crippen molar-refractivity contribution in [2.45, 2.75) is 25.5 Å². The summed E-state index contributed by atoms with van der Waals surface area (Å²) in [6.45, 7) is 0.960. The van der Waals surface area contributed by atoms with Gasteiger partial charge in [0.2, 0.25) is 11.0 Å². The largest absolute Gasteiger partial charge is 0.496 e. The van der Waals surface area contributed by atoms with Crippen molar-refractivity contribution < 1.29 is 14.3 Å². The number of ether oxygens (including phenoxy) is 2. The lowest BCUT2D eigenvalue weighted by Gasteiger charge is -2.06. The maximum Gasteiger partial charge on any atom is 0.246 e. The van der Waals surface area contributed by atoms with Crippen LogP contribution in [0.2, 0.25) is 0 Å². The maximum absolute atomic E-state index is 12.4. The van der Waals surface area contributed by atoms with E-state index in [1.165, 1.54) is 11.3 Å². The molecule has 4 rings (SSSR count).